The van der Waals surface area contributed by atoms with Crippen molar-refractivity contribution in [3.05, 3.63) is 0 Å². The van der Waals surface area contributed by atoms with Crippen LogP contribution in [0.5, 0.6) is 0 Å². The van der Waals surface area contributed by atoms with Gasteiger partial charge in [0, 0.05) is 11.8 Å². The standard InChI is InChI=1S/C11H19NO4S2/c13-10(12-8-11(14)3-1-4-11)6-17-9-2-5-18(15,16)7-9/h9,14H,1-8H2,(H,12,13). The highest BCUT2D eigenvalue weighted by atomic mass is 32.2. The molecule has 104 valence electrons. The highest BCUT2D eigenvalue weighted by Gasteiger charge is 2.34. The maximum absolute atomic E-state index is 11.6. The summed E-state index contributed by atoms with van der Waals surface area (Å²) in [6, 6.07) is 0. The maximum Gasteiger partial charge on any atom is 0.230 e. The van der Waals surface area contributed by atoms with Crippen LogP contribution in [0, 0.1) is 0 Å². The summed E-state index contributed by atoms with van der Waals surface area (Å²) in [6.07, 6.45) is 3.16. The van der Waals surface area contributed by atoms with Crippen LogP contribution in [-0.4, -0.2) is 54.1 Å². The quantitative estimate of drug-likeness (QED) is 0.742. The summed E-state index contributed by atoms with van der Waals surface area (Å²) in [4.78, 5) is 11.6. The van der Waals surface area contributed by atoms with E-state index in [1.54, 1.807) is 0 Å². The van der Waals surface area contributed by atoms with Gasteiger partial charge in [-0.15, -0.1) is 11.8 Å². The fraction of sp³-hybridized carbons (Fsp3) is 0.909. The van der Waals surface area contributed by atoms with Crippen LogP contribution in [0.3, 0.4) is 0 Å². The molecule has 0 bridgehead atoms. The second-order valence-electron chi connectivity index (χ2n) is 5.19. The number of carbonyl (C=O) groups excluding carboxylic acids is 1. The predicted octanol–water partition coefficient (Wildman–Crippen LogP) is -0.0621. The number of rotatable bonds is 5. The van der Waals surface area contributed by atoms with Crippen molar-refractivity contribution in [3.8, 4) is 0 Å². The summed E-state index contributed by atoms with van der Waals surface area (Å²) in [5.74, 6) is 0.585. The molecule has 1 saturated heterocycles. The first-order valence-electron chi connectivity index (χ1n) is 6.20. The van der Waals surface area contributed by atoms with Crippen molar-refractivity contribution >= 4 is 27.5 Å². The van der Waals surface area contributed by atoms with Crippen LogP contribution in [0.25, 0.3) is 0 Å². The molecule has 0 aromatic heterocycles. The van der Waals surface area contributed by atoms with Gasteiger partial charge in [0.05, 0.1) is 22.9 Å². The SMILES string of the molecule is O=C(CSC1CCS(=O)(=O)C1)NCC1(O)CCC1. The Morgan fingerprint density at radius 3 is 2.67 bits per heavy atom. The molecule has 1 atom stereocenters. The minimum absolute atomic E-state index is 0.0486. The van der Waals surface area contributed by atoms with Gasteiger partial charge >= 0.3 is 0 Å². The topological polar surface area (TPSA) is 83.5 Å². The van der Waals surface area contributed by atoms with Crippen molar-refractivity contribution in [1.29, 1.82) is 0 Å². The van der Waals surface area contributed by atoms with Gasteiger partial charge in [0.25, 0.3) is 0 Å². The van der Waals surface area contributed by atoms with E-state index in [-0.39, 0.29) is 28.4 Å². The van der Waals surface area contributed by atoms with Gasteiger partial charge in [-0.3, -0.25) is 4.79 Å². The van der Waals surface area contributed by atoms with E-state index < -0.39 is 15.4 Å². The largest absolute Gasteiger partial charge is 0.388 e. The minimum atomic E-state index is -2.87. The maximum atomic E-state index is 11.6. The molecule has 2 N–H and O–H groups in total. The second-order valence-corrected chi connectivity index (χ2v) is 8.71. The Morgan fingerprint density at radius 1 is 1.44 bits per heavy atom. The number of hydrogen-bond donors (Lipinski definition) is 2. The molecule has 7 heteroatoms. The molecule has 1 aliphatic heterocycles. The zero-order valence-electron chi connectivity index (χ0n) is 10.2. The molecule has 1 saturated carbocycles. The lowest BCUT2D eigenvalue weighted by atomic mass is 9.80. The van der Waals surface area contributed by atoms with Crippen LogP contribution in [0.15, 0.2) is 0 Å². The fourth-order valence-corrected chi connectivity index (χ4v) is 5.63. The molecule has 1 unspecified atom stereocenters. The summed E-state index contributed by atoms with van der Waals surface area (Å²) in [6.45, 7) is 0.315. The van der Waals surface area contributed by atoms with E-state index in [0.29, 0.717) is 13.0 Å². The van der Waals surface area contributed by atoms with Gasteiger partial charge in [-0.05, 0) is 25.7 Å². The summed E-state index contributed by atoms with van der Waals surface area (Å²) in [5, 5.41) is 12.6. The minimum Gasteiger partial charge on any atom is -0.388 e. The summed E-state index contributed by atoms with van der Waals surface area (Å²) in [7, 11) is -2.87. The monoisotopic (exact) mass is 293 g/mol. The molecule has 2 fully saturated rings. The number of nitrogens with one attached hydrogen (secondary N) is 1. The molecular formula is C11H19NO4S2. The fourth-order valence-electron chi connectivity index (χ4n) is 2.16. The molecule has 0 spiro atoms. The Hall–Kier alpha value is -0.270. The van der Waals surface area contributed by atoms with Gasteiger partial charge in [-0.2, -0.15) is 0 Å². The Bertz CT molecular complexity index is 417. The second kappa shape index (κ2) is 5.38. The normalized spacial score (nSPS) is 28.6. The average molecular weight is 293 g/mol. The zero-order valence-corrected chi connectivity index (χ0v) is 11.9. The third-order valence-electron chi connectivity index (χ3n) is 3.54. The van der Waals surface area contributed by atoms with Crippen molar-refractivity contribution in [2.24, 2.45) is 0 Å². The predicted molar refractivity (Wildman–Crippen MR) is 71.3 cm³/mol. The van der Waals surface area contributed by atoms with E-state index in [4.69, 9.17) is 0 Å². The van der Waals surface area contributed by atoms with E-state index >= 15 is 0 Å². The molecule has 18 heavy (non-hydrogen) atoms. The van der Waals surface area contributed by atoms with E-state index in [0.717, 1.165) is 19.3 Å². The third-order valence-corrected chi connectivity index (χ3v) is 6.82. The summed E-state index contributed by atoms with van der Waals surface area (Å²) < 4.78 is 22.5. The first-order valence-corrected chi connectivity index (χ1v) is 9.07. The summed E-state index contributed by atoms with van der Waals surface area (Å²) >= 11 is 1.40. The molecule has 0 aromatic carbocycles. The molecule has 0 aromatic rings. The first kappa shape index (κ1) is 14.1. The third kappa shape index (κ3) is 3.86. The van der Waals surface area contributed by atoms with E-state index in [9.17, 15) is 18.3 Å². The van der Waals surface area contributed by atoms with Crippen molar-refractivity contribution < 1.29 is 18.3 Å². The Morgan fingerprint density at radius 2 is 2.17 bits per heavy atom. The molecule has 2 rings (SSSR count). The van der Waals surface area contributed by atoms with Gasteiger partial charge < -0.3 is 10.4 Å². The Kier molecular flexibility index (Phi) is 4.23. The van der Waals surface area contributed by atoms with E-state index in [1.165, 1.54) is 11.8 Å². The Balaban J connectivity index is 1.63. The van der Waals surface area contributed by atoms with Gasteiger partial charge in [-0.25, -0.2) is 8.42 Å². The van der Waals surface area contributed by atoms with Crippen LogP contribution in [0.4, 0.5) is 0 Å². The van der Waals surface area contributed by atoms with Crippen LogP contribution in [0.2, 0.25) is 0 Å². The lowest BCUT2D eigenvalue weighted by Gasteiger charge is -2.36. The van der Waals surface area contributed by atoms with Crippen LogP contribution < -0.4 is 5.32 Å². The summed E-state index contributed by atoms with van der Waals surface area (Å²) in [5.41, 5.74) is -0.697. The van der Waals surface area contributed by atoms with Crippen LogP contribution in [0.1, 0.15) is 25.7 Å². The van der Waals surface area contributed by atoms with Crippen molar-refractivity contribution in [2.75, 3.05) is 23.8 Å². The highest BCUT2D eigenvalue weighted by molar-refractivity contribution is 8.02. The first-order chi connectivity index (χ1) is 8.39. The van der Waals surface area contributed by atoms with Gasteiger partial charge in [0.15, 0.2) is 9.84 Å². The Labute approximate surface area is 112 Å². The van der Waals surface area contributed by atoms with Crippen LogP contribution >= 0.6 is 11.8 Å². The number of sulfone groups is 1. The molecular weight excluding hydrogens is 274 g/mol. The number of carbonyl (C=O) groups is 1. The van der Waals surface area contributed by atoms with E-state index in [1.807, 2.05) is 0 Å². The number of aliphatic hydroxyl groups is 1. The molecule has 5 nitrogen and oxygen atoms in total. The smallest absolute Gasteiger partial charge is 0.230 e. The molecule has 0 radical (unpaired) electrons. The molecule has 1 aliphatic carbocycles. The average Bonchev–Trinajstić information content (AvgIpc) is 2.61. The lowest BCUT2D eigenvalue weighted by molar-refractivity contribution is -0.121. The molecule has 1 heterocycles. The van der Waals surface area contributed by atoms with Crippen LogP contribution in [-0.2, 0) is 14.6 Å². The number of thioether (sulfide) groups is 1. The number of amides is 1. The highest BCUT2D eigenvalue weighted by Crippen LogP contribution is 2.30. The van der Waals surface area contributed by atoms with Crippen molar-refractivity contribution in [1.82, 2.24) is 5.32 Å². The van der Waals surface area contributed by atoms with Gasteiger partial charge in [0.2, 0.25) is 5.91 Å². The number of hydrogen-bond acceptors (Lipinski definition) is 5. The van der Waals surface area contributed by atoms with E-state index in [2.05, 4.69) is 5.32 Å². The molecule has 2 aliphatic rings. The van der Waals surface area contributed by atoms with Gasteiger partial charge in [0.1, 0.15) is 0 Å². The van der Waals surface area contributed by atoms with Gasteiger partial charge in [-0.1, -0.05) is 0 Å². The van der Waals surface area contributed by atoms with Crippen molar-refractivity contribution in [2.45, 2.75) is 36.5 Å². The lowest BCUT2D eigenvalue weighted by Crippen LogP contribution is -2.48. The zero-order chi connectivity index (χ0) is 13.2. The molecule has 1 amide bonds. The van der Waals surface area contributed by atoms with Crippen molar-refractivity contribution in [3.63, 3.8) is 0 Å².